The first kappa shape index (κ1) is 19.0. The predicted molar refractivity (Wildman–Crippen MR) is 99.8 cm³/mol. The number of halogens is 2. The molecule has 0 aliphatic rings. The number of rotatable bonds is 7. The summed E-state index contributed by atoms with van der Waals surface area (Å²) in [7, 11) is 0. The fourth-order valence-corrected chi connectivity index (χ4v) is 2.26. The second-order valence-corrected chi connectivity index (χ2v) is 6.22. The zero-order valence-corrected chi connectivity index (χ0v) is 15.4. The summed E-state index contributed by atoms with van der Waals surface area (Å²) in [6.07, 6.45) is 1.51. The van der Waals surface area contributed by atoms with Gasteiger partial charge in [-0.1, -0.05) is 39.7 Å². The van der Waals surface area contributed by atoms with Gasteiger partial charge in [0.05, 0.1) is 12.8 Å². The largest absolute Gasteiger partial charge is 0.484 e. The Morgan fingerprint density at radius 2 is 1.92 bits per heavy atom. The van der Waals surface area contributed by atoms with E-state index in [9.17, 15) is 9.59 Å². The minimum absolute atomic E-state index is 0.196. The summed E-state index contributed by atoms with van der Waals surface area (Å²) in [5, 5.41) is 6.84. The Morgan fingerprint density at radius 3 is 2.64 bits per heavy atom. The lowest BCUT2D eigenvalue weighted by Gasteiger charge is -2.07. The minimum atomic E-state index is -0.439. The molecule has 0 aromatic heterocycles. The molecule has 25 heavy (non-hydrogen) atoms. The molecule has 0 fully saturated rings. The van der Waals surface area contributed by atoms with E-state index in [0.717, 1.165) is 10.0 Å². The van der Waals surface area contributed by atoms with Crippen molar-refractivity contribution in [2.45, 2.75) is 0 Å². The first-order chi connectivity index (χ1) is 12.0. The molecule has 2 aromatic rings. The summed E-state index contributed by atoms with van der Waals surface area (Å²) in [5.41, 5.74) is 3.16. The summed E-state index contributed by atoms with van der Waals surface area (Å²) in [5.74, 6) is -0.338. The first-order valence-corrected chi connectivity index (χ1v) is 8.42. The van der Waals surface area contributed by atoms with Gasteiger partial charge in [0, 0.05) is 9.50 Å². The van der Waals surface area contributed by atoms with Gasteiger partial charge in [-0.2, -0.15) is 5.10 Å². The van der Waals surface area contributed by atoms with Crippen molar-refractivity contribution in [3.8, 4) is 5.75 Å². The van der Waals surface area contributed by atoms with Crippen molar-refractivity contribution in [1.82, 2.24) is 10.7 Å². The van der Waals surface area contributed by atoms with Crippen molar-refractivity contribution in [3.63, 3.8) is 0 Å². The second-order valence-electron chi connectivity index (χ2n) is 4.87. The Hall–Kier alpha value is -2.38. The molecule has 0 spiro atoms. The normalized spacial score (nSPS) is 10.5. The van der Waals surface area contributed by atoms with Crippen molar-refractivity contribution in [2.24, 2.45) is 5.10 Å². The van der Waals surface area contributed by atoms with Gasteiger partial charge in [-0.3, -0.25) is 9.59 Å². The molecule has 0 atom stereocenters. The topological polar surface area (TPSA) is 79.8 Å². The number of carbonyl (C=O) groups is 2. The van der Waals surface area contributed by atoms with Crippen LogP contribution in [0.3, 0.4) is 0 Å². The van der Waals surface area contributed by atoms with E-state index < -0.39 is 11.8 Å². The van der Waals surface area contributed by atoms with Crippen LogP contribution < -0.4 is 15.5 Å². The third-order valence-electron chi connectivity index (χ3n) is 2.88. The first-order valence-electron chi connectivity index (χ1n) is 7.25. The van der Waals surface area contributed by atoms with E-state index in [1.807, 2.05) is 24.3 Å². The Labute approximate surface area is 158 Å². The molecule has 0 saturated carbocycles. The van der Waals surface area contributed by atoms with Crippen LogP contribution in [0.2, 0.25) is 5.02 Å². The van der Waals surface area contributed by atoms with Crippen molar-refractivity contribution in [1.29, 1.82) is 0 Å². The molecule has 130 valence electrons. The molecule has 0 unspecified atom stereocenters. The smallest absolute Gasteiger partial charge is 0.259 e. The van der Waals surface area contributed by atoms with Crippen LogP contribution in [-0.2, 0) is 9.59 Å². The number of amides is 2. The van der Waals surface area contributed by atoms with E-state index in [2.05, 4.69) is 31.8 Å². The van der Waals surface area contributed by atoms with Gasteiger partial charge in [0.15, 0.2) is 6.61 Å². The summed E-state index contributed by atoms with van der Waals surface area (Å²) in [4.78, 5) is 23.2. The van der Waals surface area contributed by atoms with E-state index >= 15 is 0 Å². The average Bonchev–Trinajstić information content (AvgIpc) is 2.59. The molecule has 0 heterocycles. The average molecular weight is 425 g/mol. The minimum Gasteiger partial charge on any atom is -0.484 e. The van der Waals surface area contributed by atoms with Gasteiger partial charge in [-0.05, 0) is 42.0 Å². The van der Waals surface area contributed by atoms with Crippen molar-refractivity contribution in [2.75, 3.05) is 13.2 Å². The molecule has 0 aliphatic heterocycles. The van der Waals surface area contributed by atoms with Crippen LogP contribution in [0.5, 0.6) is 5.75 Å². The molecular weight excluding hydrogens is 410 g/mol. The van der Waals surface area contributed by atoms with Gasteiger partial charge in [-0.15, -0.1) is 0 Å². The lowest BCUT2D eigenvalue weighted by Crippen LogP contribution is -2.37. The maximum Gasteiger partial charge on any atom is 0.259 e. The van der Waals surface area contributed by atoms with Crippen molar-refractivity contribution in [3.05, 3.63) is 63.6 Å². The molecule has 6 nitrogen and oxygen atoms in total. The van der Waals surface area contributed by atoms with Crippen LogP contribution in [0.25, 0.3) is 0 Å². The quantitative estimate of drug-likeness (QED) is 0.530. The Bertz CT molecular complexity index is 766. The number of benzene rings is 2. The molecular formula is C17H15BrClN3O3. The number of nitrogens with one attached hydrogen (secondary N) is 2. The predicted octanol–water partition coefficient (Wildman–Crippen LogP) is 2.75. The fraction of sp³-hybridized carbons (Fsp3) is 0.118. The Balaban J connectivity index is 1.67. The standard InChI is InChI=1S/C17H15BrClN3O3/c18-13-3-1-2-12(8-13)9-21-22-16(23)10-20-17(24)11-25-15-6-4-14(19)5-7-15/h1-9H,10-11H2,(H,20,24)(H,22,23). The van der Waals surface area contributed by atoms with Crippen LogP contribution >= 0.6 is 27.5 Å². The van der Waals surface area contributed by atoms with E-state index in [1.165, 1.54) is 6.21 Å². The zero-order valence-electron chi connectivity index (χ0n) is 13.0. The highest BCUT2D eigenvalue weighted by Gasteiger charge is 2.05. The SMILES string of the molecule is O=C(COc1ccc(Cl)cc1)NCC(=O)NN=Cc1cccc(Br)c1. The number of hydrogen-bond acceptors (Lipinski definition) is 4. The van der Waals surface area contributed by atoms with Crippen molar-refractivity contribution >= 4 is 45.6 Å². The molecule has 0 saturated heterocycles. The van der Waals surface area contributed by atoms with E-state index in [0.29, 0.717) is 10.8 Å². The summed E-state index contributed by atoms with van der Waals surface area (Å²) in [6.45, 7) is -0.394. The van der Waals surface area contributed by atoms with Gasteiger partial charge in [0.1, 0.15) is 5.75 Å². The van der Waals surface area contributed by atoms with Crippen LogP contribution in [-0.4, -0.2) is 31.2 Å². The Morgan fingerprint density at radius 1 is 1.16 bits per heavy atom. The van der Waals surface area contributed by atoms with Gasteiger partial charge in [0.2, 0.25) is 0 Å². The van der Waals surface area contributed by atoms with Crippen LogP contribution in [0.15, 0.2) is 58.1 Å². The molecule has 2 rings (SSSR count). The van der Waals surface area contributed by atoms with Gasteiger partial charge >= 0.3 is 0 Å². The lowest BCUT2D eigenvalue weighted by molar-refractivity contribution is -0.127. The number of nitrogens with zero attached hydrogens (tertiary/aromatic N) is 1. The van der Waals surface area contributed by atoms with Crippen molar-refractivity contribution < 1.29 is 14.3 Å². The molecule has 2 amide bonds. The molecule has 0 radical (unpaired) electrons. The molecule has 0 aliphatic carbocycles. The molecule has 8 heteroatoms. The molecule has 2 aromatic carbocycles. The zero-order chi connectivity index (χ0) is 18.1. The van der Waals surface area contributed by atoms with Crippen LogP contribution in [0.4, 0.5) is 0 Å². The van der Waals surface area contributed by atoms with E-state index in [1.54, 1.807) is 24.3 Å². The fourth-order valence-electron chi connectivity index (χ4n) is 1.71. The van der Waals surface area contributed by atoms with Gasteiger partial charge < -0.3 is 10.1 Å². The maximum absolute atomic E-state index is 11.6. The van der Waals surface area contributed by atoms with E-state index in [-0.39, 0.29) is 13.2 Å². The molecule has 2 N–H and O–H groups in total. The summed E-state index contributed by atoms with van der Waals surface area (Å²) < 4.78 is 6.18. The number of ether oxygens (including phenoxy) is 1. The van der Waals surface area contributed by atoms with Crippen LogP contribution in [0, 0.1) is 0 Å². The van der Waals surface area contributed by atoms with E-state index in [4.69, 9.17) is 16.3 Å². The summed E-state index contributed by atoms with van der Waals surface area (Å²) >= 11 is 9.10. The summed E-state index contributed by atoms with van der Waals surface area (Å²) in [6, 6.07) is 14.1. The number of hydrazone groups is 1. The Kier molecular flexibility index (Phi) is 7.43. The second kappa shape index (κ2) is 9.80. The third-order valence-corrected chi connectivity index (χ3v) is 3.63. The lowest BCUT2D eigenvalue weighted by atomic mass is 10.2. The third kappa shape index (κ3) is 7.36. The molecule has 0 bridgehead atoms. The monoisotopic (exact) mass is 423 g/mol. The highest BCUT2D eigenvalue weighted by Crippen LogP contribution is 2.15. The number of carbonyl (C=O) groups excluding carboxylic acids is 2. The highest BCUT2D eigenvalue weighted by atomic mass is 79.9. The highest BCUT2D eigenvalue weighted by molar-refractivity contribution is 9.10. The van der Waals surface area contributed by atoms with Crippen LogP contribution in [0.1, 0.15) is 5.56 Å². The maximum atomic E-state index is 11.6. The number of hydrogen-bond donors (Lipinski definition) is 2. The van der Waals surface area contributed by atoms with Gasteiger partial charge in [0.25, 0.3) is 11.8 Å². The van der Waals surface area contributed by atoms with Gasteiger partial charge in [-0.25, -0.2) is 5.43 Å².